The maximum Gasteiger partial charge on any atom is 0.191 e. The molecule has 0 aliphatic rings. The minimum atomic E-state index is 0.601. The van der Waals surface area contributed by atoms with E-state index in [1.54, 1.807) is 7.05 Å². The van der Waals surface area contributed by atoms with Gasteiger partial charge in [-0.3, -0.25) is 4.99 Å². The number of ether oxygens (including phenoxy) is 1. The number of imidazole rings is 1. The van der Waals surface area contributed by atoms with Crippen LogP contribution in [0.15, 0.2) is 41.7 Å². The number of unbranched alkanes of at least 4 members (excludes halogenated alkanes) is 1. The summed E-state index contributed by atoms with van der Waals surface area (Å²) < 4.78 is 7.87. The first-order chi connectivity index (χ1) is 12.2. The van der Waals surface area contributed by atoms with Gasteiger partial charge in [-0.25, -0.2) is 4.98 Å². The van der Waals surface area contributed by atoms with Gasteiger partial charge in [0.05, 0.1) is 6.54 Å². The smallest absolute Gasteiger partial charge is 0.191 e. The number of hydrogen-bond acceptors (Lipinski definition) is 3. The third kappa shape index (κ3) is 6.87. The van der Waals surface area contributed by atoms with Gasteiger partial charge in [0.2, 0.25) is 0 Å². The van der Waals surface area contributed by atoms with E-state index in [-0.39, 0.29) is 0 Å². The second kappa shape index (κ2) is 10.4. The van der Waals surface area contributed by atoms with E-state index < -0.39 is 0 Å². The monoisotopic (exact) mass is 343 g/mol. The minimum absolute atomic E-state index is 0.601. The summed E-state index contributed by atoms with van der Waals surface area (Å²) in [6, 6.07) is 8.08. The minimum Gasteiger partial charge on any atom is -0.492 e. The molecule has 0 aliphatic carbocycles. The molecule has 136 valence electrons. The normalized spacial score (nSPS) is 11.4. The average Bonchev–Trinajstić information content (AvgIpc) is 3.03. The highest BCUT2D eigenvalue weighted by Gasteiger charge is 1.99. The highest BCUT2D eigenvalue weighted by molar-refractivity contribution is 5.79. The van der Waals surface area contributed by atoms with Gasteiger partial charge in [-0.05, 0) is 38.8 Å². The zero-order chi connectivity index (χ0) is 17.9. The first kappa shape index (κ1) is 18.8. The number of benzene rings is 1. The van der Waals surface area contributed by atoms with Crippen LogP contribution in [0.1, 0.15) is 24.2 Å². The Hall–Kier alpha value is -2.50. The summed E-state index contributed by atoms with van der Waals surface area (Å²) in [6.45, 7) is 7.31. The summed E-state index contributed by atoms with van der Waals surface area (Å²) in [5.74, 6) is 2.77. The van der Waals surface area contributed by atoms with Crippen molar-refractivity contribution in [3.8, 4) is 5.75 Å². The predicted octanol–water partition coefficient (Wildman–Crippen LogP) is 2.52. The fourth-order valence-electron chi connectivity index (χ4n) is 2.45. The topological polar surface area (TPSA) is 63.5 Å². The fraction of sp³-hybridized carbons (Fsp3) is 0.474. The zero-order valence-corrected chi connectivity index (χ0v) is 15.5. The van der Waals surface area contributed by atoms with Crippen LogP contribution in [0.25, 0.3) is 0 Å². The van der Waals surface area contributed by atoms with E-state index in [4.69, 9.17) is 4.74 Å². The molecular weight excluding hydrogens is 314 g/mol. The Kier molecular flexibility index (Phi) is 7.82. The Balaban J connectivity index is 1.54. The van der Waals surface area contributed by atoms with Crippen LogP contribution in [0.5, 0.6) is 5.75 Å². The van der Waals surface area contributed by atoms with Crippen LogP contribution >= 0.6 is 0 Å². The maximum absolute atomic E-state index is 5.70. The molecule has 1 aromatic heterocycles. The highest BCUT2D eigenvalue weighted by atomic mass is 16.5. The quantitative estimate of drug-likeness (QED) is 0.417. The summed E-state index contributed by atoms with van der Waals surface area (Å²) >= 11 is 0. The largest absolute Gasteiger partial charge is 0.492 e. The third-order valence-electron chi connectivity index (χ3n) is 3.95. The average molecular weight is 343 g/mol. The van der Waals surface area contributed by atoms with Gasteiger partial charge in [0.15, 0.2) is 5.96 Å². The first-order valence-corrected chi connectivity index (χ1v) is 8.81. The number of nitrogens with one attached hydrogen (secondary N) is 2. The Morgan fingerprint density at radius 1 is 1.12 bits per heavy atom. The molecule has 25 heavy (non-hydrogen) atoms. The van der Waals surface area contributed by atoms with E-state index in [0.717, 1.165) is 43.5 Å². The fourth-order valence-corrected chi connectivity index (χ4v) is 2.45. The van der Waals surface area contributed by atoms with E-state index >= 15 is 0 Å². The first-order valence-electron chi connectivity index (χ1n) is 8.81. The Morgan fingerprint density at radius 3 is 2.56 bits per heavy atom. The van der Waals surface area contributed by atoms with Crippen molar-refractivity contribution in [1.29, 1.82) is 0 Å². The van der Waals surface area contributed by atoms with Gasteiger partial charge in [-0.15, -0.1) is 0 Å². The molecule has 0 saturated carbocycles. The number of aromatic nitrogens is 2. The van der Waals surface area contributed by atoms with E-state index in [1.165, 1.54) is 5.56 Å². The molecule has 0 fully saturated rings. The zero-order valence-electron chi connectivity index (χ0n) is 15.5. The summed E-state index contributed by atoms with van der Waals surface area (Å²) in [5, 5.41) is 6.59. The number of rotatable bonds is 9. The number of aliphatic imine (C=N–C) groups is 1. The van der Waals surface area contributed by atoms with Gasteiger partial charge in [0.1, 0.15) is 18.2 Å². The summed E-state index contributed by atoms with van der Waals surface area (Å²) in [4.78, 5) is 8.46. The Morgan fingerprint density at radius 2 is 1.88 bits per heavy atom. The van der Waals surface area contributed by atoms with E-state index in [0.29, 0.717) is 13.2 Å². The standard InChI is InChI=1S/C19H29N5O/c1-16-6-8-18(9-7-16)25-15-12-23-19(20-3)22-10-4-5-13-24-14-11-21-17(24)2/h6-9,11,14H,4-5,10,12-13,15H2,1-3H3,(H2,20,22,23). The number of guanidine groups is 1. The van der Waals surface area contributed by atoms with Crippen molar-refractivity contribution in [3.63, 3.8) is 0 Å². The van der Waals surface area contributed by atoms with Crippen molar-refractivity contribution in [2.75, 3.05) is 26.7 Å². The lowest BCUT2D eigenvalue weighted by Crippen LogP contribution is -2.39. The summed E-state index contributed by atoms with van der Waals surface area (Å²) in [7, 11) is 1.78. The van der Waals surface area contributed by atoms with E-state index in [1.807, 2.05) is 31.5 Å². The van der Waals surface area contributed by atoms with Crippen molar-refractivity contribution < 1.29 is 4.74 Å². The van der Waals surface area contributed by atoms with E-state index in [2.05, 4.69) is 44.2 Å². The predicted molar refractivity (Wildman–Crippen MR) is 102 cm³/mol. The second-order valence-corrected chi connectivity index (χ2v) is 5.96. The van der Waals surface area contributed by atoms with Crippen molar-refractivity contribution in [3.05, 3.63) is 48.0 Å². The van der Waals surface area contributed by atoms with Crippen LogP contribution in [-0.4, -0.2) is 42.3 Å². The molecule has 6 nitrogen and oxygen atoms in total. The molecule has 0 bridgehead atoms. The summed E-state index contributed by atoms with van der Waals surface area (Å²) in [5.41, 5.74) is 1.23. The molecule has 0 atom stereocenters. The number of nitrogens with zero attached hydrogens (tertiary/aromatic N) is 3. The maximum atomic E-state index is 5.70. The molecule has 0 radical (unpaired) electrons. The van der Waals surface area contributed by atoms with Gasteiger partial charge in [-0.1, -0.05) is 17.7 Å². The Bertz CT molecular complexity index is 648. The molecule has 6 heteroatoms. The molecule has 2 N–H and O–H groups in total. The molecule has 0 amide bonds. The van der Waals surface area contributed by atoms with Crippen LogP contribution in [-0.2, 0) is 6.54 Å². The Labute approximate surface area is 150 Å². The van der Waals surface area contributed by atoms with Crippen molar-refractivity contribution in [2.45, 2.75) is 33.2 Å². The van der Waals surface area contributed by atoms with Crippen LogP contribution < -0.4 is 15.4 Å². The van der Waals surface area contributed by atoms with Gasteiger partial charge >= 0.3 is 0 Å². The molecule has 0 spiro atoms. The van der Waals surface area contributed by atoms with Gasteiger partial charge in [0, 0.05) is 32.5 Å². The lowest BCUT2D eigenvalue weighted by Gasteiger charge is -2.13. The van der Waals surface area contributed by atoms with Crippen LogP contribution in [0.4, 0.5) is 0 Å². The molecule has 0 unspecified atom stereocenters. The molecule has 2 aromatic rings. The van der Waals surface area contributed by atoms with Gasteiger partial charge < -0.3 is 19.9 Å². The van der Waals surface area contributed by atoms with Gasteiger partial charge in [-0.2, -0.15) is 0 Å². The van der Waals surface area contributed by atoms with Crippen LogP contribution in [0.2, 0.25) is 0 Å². The molecule has 1 aromatic carbocycles. The molecule has 0 aliphatic heterocycles. The molecule has 1 heterocycles. The van der Waals surface area contributed by atoms with Crippen LogP contribution in [0.3, 0.4) is 0 Å². The summed E-state index contributed by atoms with van der Waals surface area (Å²) in [6.07, 6.45) is 6.06. The van der Waals surface area contributed by atoms with Crippen molar-refractivity contribution in [2.24, 2.45) is 4.99 Å². The second-order valence-electron chi connectivity index (χ2n) is 5.96. The highest BCUT2D eigenvalue weighted by Crippen LogP contribution is 2.10. The van der Waals surface area contributed by atoms with Crippen molar-refractivity contribution >= 4 is 5.96 Å². The molecular formula is C19H29N5O. The van der Waals surface area contributed by atoms with E-state index in [9.17, 15) is 0 Å². The molecule has 2 rings (SSSR count). The number of hydrogen-bond donors (Lipinski definition) is 2. The lowest BCUT2D eigenvalue weighted by atomic mass is 10.2. The number of aryl methyl sites for hydroxylation is 3. The SMILES string of the molecule is CN=C(NCCCCn1ccnc1C)NCCOc1ccc(C)cc1. The lowest BCUT2D eigenvalue weighted by molar-refractivity contribution is 0.322. The van der Waals surface area contributed by atoms with Crippen LogP contribution in [0, 0.1) is 13.8 Å². The molecule has 0 saturated heterocycles. The van der Waals surface area contributed by atoms with Crippen molar-refractivity contribution in [1.82, 2.24) is 20.2 Å². The van der Waals surface area contributed by atoms with Gasteiger partial charge in [0.25, 0.3) is 0 Å². The third-order valence-corrected chi connectivity index (χ3v) is 3.95.